The van der Waals surface area contributed by atoms with E-state index in [1.807, 2.05) is 0 Å². The van der Waals surface area contributed by atoms with Gasteiger partial charge in [0.05, 0.1) is 17.9 Å². The van der Waals surface area contributed by atoms with Crippen molar-refractivity contribution in [3.05, 3.63) is 12.2 Å². The number of rotatable bonds is 6. The van der Waals surface area contributed by atoms with Crippen LogP contribution in [0, 0.1) is 17.8 Å². The molecule has 150 valence electrons. The zero-order valence-electron chi connectivity index (χ0n) is 14.0. The van der Waals surface area contributed by atoms with Gasteiger partial charge in [-0.05, 0) is 6.92 Å². The van der Waals surface area contributed by atoms with Gasteiger partial charge in [0, 0.05) is 17.9 Å². The number of esters is 2. The van der Waals surface area contributed by atoms with Crippen molar-refractivity contribution in [2.75, 3.05) is 6.61 Å². The topological polar surface area (TPSA) is 133 Å². The lowest BCUT2D eigenvalue weighted by Gasteiger charge is -2.29. The average molecular weight is 410 g/mol. The van der Waals surface area contributed by atoms with E-state index < -0.39 is 70.0 Å². The molecule has 6 unspecified atom stereocenters. The molecule has 6 atom stereocenters. The monoisotopic (exact) mass is 410 g/mol. The van der Waals surface area contributed by atoms with E-state index in [4.69, 9.17) is 14.0 Å². The minimum Gasteiger partial charge on any atom is -0.458 e. The Morgan fingerprint density at radius 1 is 1.37 bits per heavy atom. The Kier molecular flexibility index (Phi) is 4.64. The lowest BCUT2D eigenvalue weighted by Crippen LogP contribution is -2.46. The van der Waals surface area contributed by atoms with Crippen molar-refractivity contribution in [1.29, 1.82) is 0 Å². The first-order chi connectivity index (χ1) is 12.3. The fourth-order valence-corrected chi connectivity index (χ4v) is 4.02. The van der Waals surface area contributed by atoms with Gasteiger partial charge in [-0.1, -0.05) is 6.58 Å². The fourth-order valence-electron chi connectivity index (χ4n) is 3.81. The van der Waals surface area contributed by atoms with Crippen LogP contribution in [0.2, 0.25) is 0 Å². The first kappa shape index (κ1) is 19.8. The van der Waals surface area contributed by atoms with Crippen molar-refractivity contribution in [2.24, 2.45) is 17.8 Å². The van der Waals surface area contributed by atoms with E-state index in [-0.39, 0.29) is 17.8 Å². The lowest BCUT2D eigenvalue weighted by atomic mass is 9.78. The number of hydrogen-bond donors (Lipinski definition) is 1. The van der Waals surface area contributed by atoms with Gasteiger partial charge >= 0.3 is 27.3 Å². The molecule has 3 fully saturated rings. The first-order valence-electron chi connectivity index (χ1n) is 7.91. The minimum absolute atomic E-state index is 0.00900. The molecular formula is C15H16F2O9S. The van der Waals surface area contributed by atoms with Gasteiger partial charge in [-0.15, -0.1) is 0 Å². The molecule has 3 aliphatic rings. The van der Waals surface area contributed by atoms with Gasteiger partial charge in [-0.3, -0.25) is 14.1 Å². The third-order valence-electron chi connectivity index (χ3n) is 5.01. The number of fused-ring (bicyclic) bond motifs is 1. The van der Waals surface area contributed by atoms with Crippen molar-refractivity contribution in [3.63, 3.8) is 0 Å². The number of alkyl halides is 2. The second-order valence-corrected chi connectivity index (χ2v) is 8.37. The summed E-state index contributed by atoms with van der Waals surface area (Å²) in [5, 5.41) is -4.70. The van der Waals surface area contributed by atoms with Crippen LogP contribution in [0.5, 0.6) is 0 Å². The van der Waals surface area contributed by atoms with Crippen molar-refractivity contribution >= 4 is 27.8 Å². The van der Waals surface area contributed by atoms with Crippen LogP contribution in [0.3, 0.4) is 0 Å². The van der Waals surface area contributed by atoms with Crippen LogP contribution in [0.4, 0.5) is 8.78 Å². The number of halogens is 2. The Balaban J connectivity index is 1.77. The standard InChI is InChI=1S/C15H16F2O9S/c1-5(2)13(19)26-11-6-3-7(18)8-9(12(11)25-10(6)8)14(20)24-4-15(16,17)27(21,22)23/h6,8-12H,1,3-4H2,2H3,(H,21,22,23). The van der Waals surface area contributed by atoms with E-state index in [0.29, 0.717) is 0 Å². The van der Waals surface area contributed by atoms with Gasteiger partial charge in [0.2, 0.25) is 0 Å². The van der Waals surface area contributed by atoms with Gasteiger partial charge in [-0.25, -0.2) is 4.79 Å². The van der Waals surface area contributed by atoms with E-state index in [0.717, 1.165) is 0 Å². The zero-order chi connectivity index (χ0) is 20.3. The van der Waals surface area contributed by atoms with Crippen molar-refractivity contribution in [2.45, 2.75) is 36.9 Å². The van der Waals surface area contributed by atoms with Crippen molar-refractivity contribution < 1.29 is 50.3 Å². The quantitative estimate of drug-likeness (QED) is 0.368. The summed E-state index contributed by atoms with van der Waals surface area (Å²) in [4.78, 5) is 36.3. The Hall–Kier alpha value is -1.92. The Morgan fingerprint density at radius 2 is 2.00 bits per heavy atom. The molecule has 1 aliphatic carbocycles. The SMILES string of the molecule is C=C(C)C(=O)OC1C2CC(=O)C3C2OC1C3C(=O)OCC(F)(F)S(=O)(=O)O. The maximum atomic E-state index is 13.3. The highest BCUT2D eigenvalue weighted by Crippen LogP contribution is 2.55. The van der Waals surface area contributed by atoms with E-state index in [1.165, 1.54) is 6.92 Å². The summed E-state index contributed by atoms with van der Waals surface area (Å²) in [6, 6.07) is 0. The largest absolute Gasteiger partial charge is 0.458 e. The van der Waals surface area contributed by atoms with Gasteiger partial charge in [-0.2, -0.15) is 17.2 Å². The predicted molar refractivity (Wildman–Crippen MR) is 80.9 cm³/mol. The molecule has 12 heteroatoms. The van der Waals surface area contributed by atoms with Crippen LogP contribution < -0.4 is 0 Å². The maximum Gasteiger partial charge on any atom is 0.402 e. The summed E-state index contributed by atoms with van der Waals surface area (Å²) in [5.74, 6) is -5.12. The molecule has 0 amide bonds. The number of carbonyl (C=O) groups excluding carboxylic acids is 3. The summed E-state index contributed by atoms with van der Waals surface area (Å²) >= 11 is 0. The van der Waals surface area contributed by atoms with Crippen LogP contribution in [-0.4, -0.2) is 60.9 Å². The molecule has 0 aromatic carbocycles. The molecule has 9 nitrogen and oxygen atoms in total. The highest BCUT2D eigenvalue weighted by molar-refractivity contribution is 7.86. The van der Waals surface area contributed by atoms with Crippen LogP contribution >= 0.6 is 0 Å². The molecule has 2 saturated heterocycles. The maximum absolute atomic E-state index is 13.3. The number of carbonyl (C=O) groups is 3. The molecule has 2 aliphatic heterocycles. The Morgan fingerprint density at radius 3 is 2.56 bits per heavy atom. The summed E-state index contributed by atoms with van der Waals surface area (Å²) in [7, 11) is -5.78. The second-order valence-electron chi connectivity index (χ2n) is 6.82. The Bertz CT molecular complexity index is 821. The fraction of sp³-hybridized carbons (Fsp3) is 0.667. The highest BCUT2D eigenvalue weighted by atomic mass is 32.2. The van der Waals surface area contributed by atoms with Crippen molar-refractivity contribution in [1.82, 2.24) is 0 Å². The molecule has 2 heterocycles. The molecule has 27 heavy (non-hydrogen) atoms. The molecule has 1 saturated carbocycles. The number of ketones is 1. The lowest BCUT2D eigenvalue weighted by molar-refractivity contribution is -0.164. The summed E-state index contributed by atoms with van der Waals surface area (Å²) in [5.41, 5.74) is 0.0885. The molecule has 1 N–H and O–H groups in total. The molecule has 0 radical (unpaired) electrons. The van der Waals surface area contributed by atoms with Crippen LogP contribution in [0.1, 0.15) is 13.3 Å². The molecule has 2 bridgehead atoms. The van der Waals surface area contributed by atoms with Gasteiger partial charge in [0.15, 0.2) is 6.61 Å². The van der Waals surface area contributed by atoms with Crippen LogP contribution in [0.15, 0.2) is 12.2 Å². The average Bonchev–Trinajstić information content (AvgIpc) is 3.14. The van der Waals surface area contributed by atoms with Crippen LogP contribution in [-0.2, 0) is 38.7 Å². The zero-order valence-corrected chi connectivity index (χ0v) is 14.8. The molecule has 0 aromatic heterocycles. The van der Waals surface area contributed by atoms with E-state index in [1.54, 1.807) is 0 Å². The normalized spacial score (nSPS) is 34.6. The highest BCUT2D eigenvalue weighted by Gasteiger charge is 2.69. The molecule has 0 spiro atoms. The molecule has 0 aromatic rings. The van der Waals surface area contributed by atoms with Crippen molar-refractivity contribution in [3.8, 4) is 0 Å². The smallest absolute Gasteiger partial charge is 0.402 e. The molecule has 3 rings (SSSR count). The first-order valence-corrected chi connectivity index (χ1v) is 9.35. The third kappa shape index (κ3) is 3.15. The number of Topliss-reactive ketones (excluding diaryl/α,β-unsaturated/α-hetero) is 1. The number of ether oxygens (including phenoxy) is 3. The van der Waals surface area contributed by atoms with E-state index in [2.05, 4.69) is 11.3 Å². The third-order valence-corrected chi connectivity index (χ3v) is 5.88. The van der Waals surface area contributed by atoms with Gasteiger partial charge in [0.1, 0.15) is 18.0 Å². The van der Waals surface area contributed by atoms with Gasteiger partial charge in [0.25, 0.3) is 0 Å². The summed E-state index contributed by atoms with van der Waals surface area (Å²) < 4.78 is 71.4. The van der Waals surface area contributed by atoms with Crippen LogP contribution in [0.25, 0.3) is 0 Å². The summed E-state index contributed by atoms with van der Waals surface area (Å²) in [6.07, 6.45) is -2.76. The molecular weight excluding hydrogens is 394 g/mol. The minimum atomic E-state index is -5.78. The van der Waals surface area contributed by atoms with E-state index in [9.17, 15) is 31.6 Å². The Labute approximate surface area is 152 Å². The summed E-state index contributed by atoms with van der Waals surface area (Å²) in [6.45, 7) is 2.92. The van der Waals surface area contributed by atoms with E-state index >= 15 is 0 Å². The second kappa shape index (κ2) is 6.31. The predicted octanol–water partition coefficient (Wildman–Crippen LogP) is 0.100. The number of hydrogen-bond acceptors (Lipinski definition) is 8. The van der Waals surface area contributed by atoms with Gasteiger partial charge < -0.3 is 14.2 Å².